The van der Waals surface area contributed by atoms with Gasteiger partial charge < -0.3 is 14.2 Å². The largest absolute Gasteiger partial charge is 0.481 e. The number of benzene rings is 1. The van der Waals surface area contributed by atoms with Crippen LogP contribution in [0.2, 0.25) is 0 Å². The van der Waals surface area contributed by atoms with Crippen LogP contribution in [0, 0.1) is 17.6 Å². The fraction of sp³-hybridized carbons (Fsp3) is 0.435. The van der Waals surface area contributed by atoms with Crippen LogP contribution in [-0.4, -0.2) is 36.4 Å². The highest BCUT2D eigenvalue weighted by Crippen LogP contribution is 2.48. The molecule has 32 heavy (non-hydrogen) atoms. The summed E-state index contributed by atoms with van der Waals surface area (Å²) >= 11 is 0. The molecule has 2 heterocycles. The highest BCUT2D eigenvalue weighted by atomic mass is 19.1. The Kier molecular flexibility index (Phi) is 5.52. The number of aromatic nitrogens is 1. The second-order valence-corrected chi connectivity index (χ2v) is 8.94. The van der Waals surface area contributed by atoms with E-state index in [0.29, 0.717) is 12.3 Å². The van der Waals surface area contributed by atoms with E-state index in [4.69, 9.17) is 14.2 Å². The van der Waals surface area contributed by atoms with Crippen molar-refractivity contribution in [3.8, 4) is 5.88 Å². The number of hydrogen-bond acceptors (Lipinski definition) is 6. The van der Waals surface area contributed by atoms with Gasteiger partial charge in [0, 0.05) is 35.7 Å². The Balaban J connectivity index is 1.81. The van der Waals surface area contributed by atoms with Crippen LogP contribution in [0.1, 0.15) is 37.5 Å². The number of aliphatic imine (C=N–C) groups is 1. The Morgan fingerprint density at radius 1 is 1.28 bits per heavy atom. The maximum Gasteiger partial charge on any atom is 0.415 e. The molecule has 7 nitrogen and oxygen atoms in total. The van der Waals surface area contributed by atoms with Crippen molar-refractivity contribution in [2.24, 2.45) is 10.9 Å². The minimum atomic E-state index is -1.15. The number of carbonyl (C=O) groups excluding carboxylic acids is 1. The van der Waals surface area contributed by atoms with E-state index in [-0.39, 0.29) is 30.5 Å². The lowest BCUT2D eigenvalue weighted by molar-refractivity contribution is 0.0520. The predicted octanol–water partition coefficient (Wildman–Crippen LogP) is 3.89. The Bertz CT molecular complexity index is 1080. The van der Waals surface area contributed by atoms with E-state index in [2.05, 4.69) is 15.3 Å². The monoisotopic (exact) mass is 445 g/mol. The van der Waals surface area contributed by atoms with Gasteiger partial charge in [-0.2, -0.15) is 0 Å². The molecule has 1 N–H and O–H groups in total. The second-order valence-electron chi connectivity index (χ2n) is 8.94. The third kappa shape index (κ3) is 4.11. The summed E-state index contributed by atoms with van der Waals surface area (Å²) in [4.78, 5) is 21.2. The standard InChI is InChI=1S/C23H25F2N3O4/c1-22(2,3)32-21(29)27-20-28-23(17-6-5-15(24)10-18(17)25)11-16-13(9-14(23)12-31-20)7-8-26-19(16)30-4/h5-8,10,14H,9,11-12H2,1-4H3,(H,27,28,29)/t14-,23-/m0/s1. The lowest BCUT2D eigenvalue weighted by atomic mass is 9.67. The maximum atomic E-state index is 15.1. The van der Waals surface area contributed by atoms with Gasteiger partial charge >= 0.3 is 6.09 Å². The van der Waals surface area contributed by atoms with Crippen molar-refractivity contribution in [1.82, 2.24) is 10.3 Å². The molecule has 4 rings (SSSR count). The molecule has 1 amide bonds. The molecule has 1 aromatic carbocycles. The third-order valence-corrected chi connectivity index (χ3v) is 5.62. The molecule has 0 unspecified atom stereocenters. The first kappa shape index (κ1) is 22.0. The number of halogens is 2. The van der Waals surface area contributed by atoms with Crippen LogP contribution < -0.4 is 10.1 Å². The predicted molar refractivity (Wildman–Crippen MR) is 112 cm³/mol. The SMILES string of the molecule is COc1nccc2c1C[C@]1(c3ccc(F)cc3F)N=C(NC(=O)OC(C)(C)C)OC[C@@H]1C2. The summed E-state index contributed by atoms with van der Waals surface area (Å²) in [6, 6.07) is 5.24. The number of methoxy groups -OCH3 is 1. The third-order valence-electron chi connectivity index (χ3n) is 5.62. The van der Waals surface area contributed by atoms with Crippen molar-refractivity contribution in [2.45, 2.75) is 44.8 Å². The molecule has 0 spiro atoms. The van der Waals surface area contributed by atoms with Crippen LogP contribution in [-0.2, 0) is 27.9 Å². The van der Waals surface area contributed by atoms with Gasteiger partial charge in [0.1, 0.15) is 22.8 Å². The molecular formula is C23H25F2N3O4. The molecular weight excluding hydrogens is 420 g/mol. The Morgan fingerprint density at radius 3 is 2.75 bits per heavy atom. The number of fused-ring (bicyclic) bond motifs is 2. The number of hydrogen-bond donors (Lipinski definition) is 1. The van der Waals surface area contributed by atoms with Crippen molar-refractivity contribution in [1.29, 1.82) is 0 Å². The van der Waals surface area contributed by atoms with Gasteiger partial charge in [-0.05, 0) is 44.9 Å². The fourth-order valence-corrected chi connectivity index (χ4v) is 4.31. The number of amides is 1. The molecule has 0 radical (unpaired) electrons. The van der Waals surface area contributed by atoms with E-state index in [1.54, 1.807) is 27.0 Å². The number of pyridine rings is 1. The van der Waals surface area contributed by atoms with Gasteiger partial charge in [0.15, 0.2) is 0 Å². The average Bonchev–Trinajstić information content (AvgIpc) is 2.70. The first-order valence-electron chi connectivity index (χ1n) is 10.3. The first-order valence-corrected chi connectivity index (χ1v) is 10.3. The van der Waals surface area contributed by atoms with Crippen molar-refractivity contribution in [3.63, 3.8) is 0 Å². The zero-order chi connectivity index (χ0) is 23.1. The van der Waals surface area contributed by atoms with Crippen LogP contribution in [0.4, 0.5) is 13.6 Å². The molecule has 0 saturated carbocycles. The highest BCUT2D eigenvalue weighted by molar-refractivity contribution is 5.91. The van der Waals surface area contributed by atoms with Gasteiger partial charge in [-0.25, -0.2) is 28.9 Å². The number of ether oxygens (including phenoxy) is 3. The number of nitrogens with one attached hydrogen (secondary N) is 1. The van der Waals surface area contributed by atoms with Crippen molar-refractivity contribution in [3.05, 3.63) is 58.8 Å². The maximum absolute atomic E-state index is 15.1. The molecule has 0 fully saturated rings. The minimum Gasteiger partial charge on any atom is -0.481 e. The summed E-state index contributed by atoms with van der Waals surface area (Å²) in [5.41, 5.74) is 0.140. The smallest absolute Gasteiger partial charge is 0.415 e. The van der Waals surface area contributed by atoms with E-state index >= 15 is 4.39 Å². The van der Waals surface area contributed by atoms with Crippen LogP contribution in [0.3, 0.4) is 0 Å². The normalized spacial score (nSPS) is 22.1. The number of nitrogens with zero attached hydrogens (tertiary/aromatic N) is 2. The van der Waals surface area contributed by atoms with E-state index in [1.807, 2.05) is 6.07 Å². The molecule has 1 aliphatic heterocycles. The first-order chi connectivity index (χ1) is 15.1. The van der Waals surface area contributed by atoms with Gasteiger partial charge in [-0.1, -0.05) is 6.07 Å². The summed E-state index contributed by atoms with van der Waals surface area (Å²) in [6.07, 6.45) is 1.69. The van der Waals surface area contributed by atoms with E-state index in [0.717, 1.165) is 17.2 Å². The van der Waals surface area contributed by atoms with Crippen molar-refractivity contribution < 1.29 is 27.8 Å². The summed E-state index contributed by atoms with van der Waals surface area (Å²) in [6.45, 7) is 5.38. The zero-order valence-electron chi connectivity index (χ0n) is 18.4. The fourth-order valence-electron chi connectivity index (χ4n) is 4.31. The molecule has 9 heteroatoms. The minimum absolute atomic E-state index is 0.0782. The molecule has 1 aliphatic carbocycles. The zero-order valence-corrected chi connectivity index (χ0v) is 18.4. The number of alkyl carbamates (subject to hydrolysis) is 1. The number of rotatable bonds is 2. The Morgan fingerprint density at radius 2 is 2.06 bits per heavy atom. The summed E-state index contributed by atoms with van der Waals surface area (Å²) in [5.74, 6) is -1.24. The van der Waals surface area contributed by atoms with Gasteiger partial charge in [-0.3, -0.25) is 0 Å². The van der Waals surface area contributed by atoms with Gasteiger partial charge in [0.05, 0.1) is 13.7 Å². The summed E-state index contributed by atoms with van der Waals surface area (Å²) in [7, 11) is 1.52. The molecule has 170 valence electrons. The quantitative estimate of drug-likeness (QED) is 0.759. The van der Waals surface area contributed by atoms with Crippen molar-refractivity contribution >= 4 is 12.1 Å². The Hall–Kier alpha value is -3.23. The van der Waals surface area contributed by atoms with Crippen molar-refractivity contribution in [2.75, 3.05) is 13.7 Å². The Labute approximate surface area is 184 Å². The molecule has 1 aromatic heterocycles. The molecule has 2 atom stereocenters. The van der Waals surface area contributed by atoms with Crippen LogP contribution in [0.5, 0.6) is 5.88 Å². The molecule has 0 bridgehead atoms. The van der Waals surface area contributed by atoms with Gasteiger partial charge in [-0.15, -0.1) is 0 Å². The number of carbonyl (C=O) groups is 1. The summed E-state index contributed by atoms with van der Waals surface area (Å²) in [5, 5.41) is 2.51. The van der Waals surface area contributed by atoms with Gasteiger partial charge in [0.25, 0.3) is 6.02 Å². The lowest BCUT2D eigenvalue weighted by Gasteiger charge is -2.45. The molecule has 2 aliphatic rings. The van der Waals surface area contributed by atoms with E-state index < -0.39 is 28.9 Å². The van der Waals surface area contributed by atoms with Gasteiger partial charge in [0.2, 0.25) is 5.88 Å². The van der Waals surface area contributed by atoms with Crippen LogP contribution in [0.25, 0.3) is 0 Å². The van der Waals surface area contributed by atoms with E-state index in [1.165, 1.54) is 19.2 Å². The topological polar surface area (TPSA) is 82.0 Å². The lowest BCUT2D eigenvalue weighted by Crippen LogP contribution is -2.51. The molecule has 0 saturated heterocycles. The second kappa shape index (κ2) is 8.03. The summed E-state index contributed by atoms with van der Waals surface area (Å²) < 4.78 is 45.2. The van der Waals surface area contributed by atoms with Crippen LogP contribution >= 0.6 is 0 Å². The molecule has 2 aromatic rings. The van der Waals surface area contributed by atoms with E-state index in [9.17, 15) is 9.18 Å². The highest BCUT2D eigenvalue weighted by Gasteiger charge is 2.50. The van der Waals surface area contributed by atoms with Crippen LogP contribution in [0.15, 0.2) is 35.5 Å². The average molecular weight is 445 g/mol. The number of amidine groups is 1.